The van der Waals surface area contributed by atoms with Gasteiger partial charge in [0.15, 0.2) is 28.8 Å². The van der Waals surface area contributed by atoms with Crippen molar-refractivity contribution in [3.8, 4) is 23.0 Å². The number of carbonyl (C=O) groups is 2. The van der Waals surface area contributed by atoms with E-state index in [9.17, 15) is 26.4 Å². The van der Waals surface area contributed by atoms with Crippen LogP contribution in [-0.2, 0) is 26.8 Å². The molecule has 2 aromatic rings. The summed E-state index contributed by atoms with van der Waals surface area (Å²) in [6, 6.07) is 5.50. The second-order valence-corrected chi connectivity index (χ2v) is 11.3. The number of Topliss-reactive ketones (excluding diaryl/α,β-unsaturated/α-hetero) is 2. The average molecular weight is 544 g/mol. The molecule has 11 nitrogen and oxygen atoms in total. The standard InChI is InChI=1S/C23H29NO10S2/c1-7-35(27,28)33-22-18(9-16(14(3)25)11-20(22)31-5)13-24-19-10-17(15(4)26)12-21(32-6)23(19)34-36(29,30)8-2/h9-12,24H,7-8,13H2,1-6H3. The van der Waals surface area contributed by atoms with E-state index in [1.165, 1.54) is 66.2 Å². The largest absolute Gasteiger partial charge is 0.493 e. The Hall–Kier alpha value is -3.32. The number of ether oxygens (including phenoxy) is 2. The molecule has 13 heteroatoms. The van der Waals surface area contributed by atoms with Crippen molar-refractivity contribution >= 4 is 37.5 Å². The van der Waals surface area contributed by atoms with Crippen LogP contribution in [0.4, 0.5) is 5.69 Å². The minimum atomic E-state index is -3.98. The molecule has 2 aromatic carbocycles. The predicted octanol–water partition coefficient (Wildman–Crippen LogP) is 3.18. The number of hydrogen-bond donors (Lipinski definition) is 1. The smallest absolute Gasteiger partial charge is 0.309 e. The van der Waals surface area contributed by atoms with Crippen molar-refractivity contribution < 1.29 is 44.3 Å². The highest BCUT2D eigenvalue weighted by atomic mass is 32.2. The third-order valence-electron chi connectivity index (χ3n) is 5.04. The van der Waals surface area contributed by atoms with E-state index >= 15 is 0 Å². The van der Waals surface area contributed by atoms with Gasteiger partial charge in [-0.15, -0.1) is 0 Å². The fourth-order valence-electron chi connectivity index (χ4n) is 2.98. The summed E-state index contributed by atoms with van der Waals surface area (Å²) in [6.45, 7) is 5.29. The van der Waals surface area contributed by atoms with E-state index in [0.717, 1.165) is 0 Å². The lowest BCUT2D eigenvalue weighted by Gasteiger charge is -2.19. The van der Waals surface area contributed by atoms with Crippen molar-refractivity contribution in [1.29, 1.82) is 0 Å². The first kappa shape index (κ1) is 28.9. The van der Waals surface area contributed by atoms with E-state index in [1.54, 1.807) is 0 Å². The normalized spacial score (nSPS) is 11.5. The van der Waals surface area contributed by atoms with Crippen molar-refractivity contribution in [3.63, 3.8) is 0 Å². The van der Waals surface area contributed by atoms with Crippen molar-refractivity contribution in [2.24, 2.45) is 0 Å². The van der Waals surface area contributed by atoms with Crippen molar-refractivity contribution in [2.75, 3.05) is 31.0 Å². The molecular formula is C23H29NO10S2. The van der Waals surface area contributed by atoms with Gasteiger partial charge in [0.1, 0.15) is 0 Å². The summed E-state index contributed by atoms with van der Waals surface area (Å²) in [7, 11) is -5.37. The maximum atomic E-state index is 12.2. The lowest BCUT2D eigenvalue weighted by atomic mass is 10.1. The molecule has 0 heterocycles. The number of ketones is 2. The van der Waals surface area contributed by atoms with Crippen molar-refractivity contribution in [1.82, 2.24) is 0 Å². The van der Waals surface area contributed by atoms with Gasteiger partial charge in [0.25, 0.3) is 0 Å². The van der Waals surface area contributed by atoms with Crippen LogP contribution in [0.2, 0.25) is 0 Å². The summed E-state index contributed by atoms with van der Waals surface area (Å²) in [5, 5.41) is 2.94. The highest BCUT2D eigenvalue weighted by molar-refractivity contribution is 7.87. The number of nitrogens with one attached hydrogen (secondary N) is 1. The van der Waals surface area contributed by atoms with Gasteiger partial charge in [-0.05, 0) is 52.0 Å². The average Bonchev–Trinajstić information content (AvgIpc) is 2.82. The maximum Gasteiger partial charge on any atom is 0.309 e. The Morgan fingerprint density at radius 2 is 1.19 bits per heavy atom. The number of methoxy groups -OCH3 is 2. The molecule has 0 aliphatic carbocycles. The molecule has 0 bridgehead atoms. The summed E-state index contributed by atoms with van der Waals surface area (Å²) in [5.74, 6) is -1.61. The van der Waals surface area contributed by atoms with Gasteiger partial charge in [-0.3, -0.25) is 9.59 Å². The fourth-order valence-corrected chi connectivity index (χ4v) is 4.08. The topological polar surface area (TPSA) is 151 Å². The van der Waals surface area contributed by atoms with E-state index < -0.39 is 20.2 Å². The van der Waals surface area contributed by atoms with Gasteiger partial charge >= 0.3 is 20.2 Å². The zero-order chi connectivity index (χ0) is 27.3. The van der Waals surface area contributed by atoms with Crippen LogP contribution in [0.25, 0.3) is 0 Å². The van der Waals surface area contributed by atoms with Crippen LogP contribution in [-0.4, -0.2) is 54.1 Å². The summed E-state index contributed by atoms with van der Waals surface area (Å²) in [5.41, 5.74) is 0.724. The van der Waals surface area contributed by atoms with Crippen LogP contribution in [0, 0.1) is 0 Å². The molecule has 0 amide bonds. The molecule has 0 saturated heterocycles. The molecule has 0 aliphatic heterocycles. The van der Waals surface area contributed by atoms with Crippen LogP contribution < -0.4 is 23.2 Å². The number of rotatable bonds is 13. The van der Waals surface area contributed by atoms with Crippen LogP contribution in [0.5, 0.6) is 23.0 Å². The van der Waals surface area contributed by atoms with E-state index in [-0.39, 0.29) is 75.0 Å². The number of anilines is 1. The molecule has 0 unspecified atom stereocenters. The molecule has 0 atom stereocenters. The summed E-state index contributed by atoms with van der Waals surface area (Å²) < 4.78 is 69.9. The first-order chi connectivity index (χ1) is 16.8. The first-order valence-corrected chi connectivity index (χ1v) is 14.0. The van der Waals surface area contributed by atoms with Crippen LogP contribution in [0.3, 0.4) is 0 Å². The second-order valence-electron chi connectivity index (χ2n) is 7.55. The van der Waals surface area contributed by atoms with Crippen LogP contribution in [0.1, 0.15) is 54.0 Å². The Balaban J connectivity index is 2.68. The molecule has 0 fully saturated rings. The number of benzene rings is 2. The number of carbonyl (C=O) groups excluding carboxylic acids is 2. The maximum absolute atomic E-state index is 12.2. The van der Waals surface area contributed by atoms with Gasteiger partial charge < -0.3 is 23.2 Å². The first-order valence-electron chi connectivity index (χ1n) is 10.8. The molecule has 1 N–H and O–H groups in total. The minimum absolute atomic E-state index is 0.0108. The Morgan fingerprint density at radius 3 is 1.64 bits per heavy atom. The monoisotopic (exact) mass is 543 g/mol. The van der Waals surface area contributed by atoms with E-state index in [0.29, 0.717) is 0 Å². The summed E-state index contributed by atoms with van der Waals surface area (Å²) in [4.78, 5) is 24.1. The van der Waals surface area contributed by atoms with Gasteiger partial charge in [-0.2, -0.15) is 16.8 Å². The lowest BCUT2D eigenvalue weighted by Crippen LogP contribution is -2.16. The molecule has 2 rings (SSSR count). The zero-order valence-electron chi connectivity index (χ0n) is 20.8. The zero-order valence-corrected chi connectivity index (χ0v) is 22.5. The van der Waals surface area contributed by atoms with Gasteiger partial charge in [0.05, 0.1) is 31.4 Å². The Bertz CT molecular complexity index is 1260. The van der Waals surface area contributed by atoms with Crippen molar-refractivity contribution in [3.05, 3.63) is 41.0 Å². The third-order valence-corrected chi connectivity index (χ3v) is 7.29. The quantitative estimate of drug-likeness (QED) is 0.293. The Morgan fingerprint density at radius 1 is 0.750 bits per heavy atom. The van der Waals surface area contributed by atoms with E-state index in [4.69, 9.17) is 17.8 Å². The van der Waals surface area contributed by atoms with Crippen LogP contribution >= 0.6 is 0 Å². The molecule has 0 spiro atoms. The molecular weight excluding hydrogens is 514 g/mol. The SMILES string of the molecule is CCS(=O)(=O)Oc1c(CNc2cc(C(C)=O)cc(OC)c2OS(=O)(=O)CC)cc(C(C)=O)cc1OC. The molecule has 0 aromatic heterocycles. The van der Waals surface area contributed by atoms with E-state index in [1.807, 2.05) is 0 Å². The van der Waals surface area contributed by atoms with Gasteiger partial charge in [0.2, 0.25) is 5.75 Å². The van der Waals surface area contributed by atoms with Crippen LogP contribution in [0.15, 0.2) is 24.3 Å². The minimum Gasteiger partial charge on any atom is -0.493 e. The Kier molecular flexibility index (Phi) is 9.32. The highest BCUT2D eigenvalue weighted by Crippen LogP contribution is 2.40. The highest BCUT2D eigenvalue weighted by Gasteiger charge is 2.23. The molecule has 0 aliphatic rings. The van der Waals surface area contributed by atoms with Gasteiger partial charge in [-0.25, -0.2) is 0 Å². The van der Waals surface area contributed by atoms with E-state index in [2.05, 4.69) is 5.32 Å². The molecule has 198 valence electrons. The molecule has 0 saturated carbocycles. The summed E-state index contributed by atoms with van der Waals surface area (Å²) >= 11 is 0. The fraction of sp³-hybridized carbons (Fsp3) is 0.391. The molecule has 0 radical (unpaired) electrons. The Labute approximate surface area is 210 Å². The van der Waals surface area contributed by atoms with Gasteiger partial charge in [-0.1, -0.05) is 0 Å². The third kappa shape index (κ3) is 7.10. The second kappa shape index (κ2) is 11.6. The number of hydrogen-bond acceptors (Lipinski definition) is 11. The molecule has 36 heavy (non-hydrogen) atoms. The lowest BCUT2D eigenvalue weighted by molar-refractivity contribution is 0.100. The summed E-state index contributed by atoms with van der Waals surface area (Å²) in [6.07, 6.45) is 0. The van der Waals surface area contributed by atoms with Gasteiger partial charge in [0, 0.05) is 23.2 Å². The predicted molar refractivity (Wildman–Crippen MR) is 134 cm³/mol. The van der Waals surface area contributed by atoms with Crippen molar-refractivity contribution in [2.45, 2.75) is 34.2 Å².